The molecule has 0 aromatic heterocycles. The lowest BCUT2D eigenvalue weighted by Gasteiger charge is -2.07. The zero-order valence-corrected chi connectivity index (χ0v) is 16.9. The molecule has 1 atom stereocenters. The molecule has 4 rings (SSSR count). The first-order valence-electron chi connectivity index (χ1n) is 9.52. The standard InChI is InChI=1S/C22H20N2O5S/c25-20(8-6-15-5-7-17-18(11-15)29-13-28-17)23-10-9-14-1-3-16(4-2-14)12-19-21(26)24-22(27)30-19/h1-8,11,19H,9-10,12-13H2,(H,23,25)(H,24,26,27). The molecule has 2 aromatic rings. The largest absolute Gasteiger partial charge is 0.454 e. The van der Waals surface area contributed by atoms with Gasteiger partial charge >= 0.3 is 0 Å². The second-order valence-corrected chi connectivity index (χ2v) is 8.07. The van der Waals surface area contributed by atoms with Gasteiger partial charge in [0.2, 0.25) is 18.6 Å². The van der Waals surface area contributed by atoms with Crippen molar-refractivity contribution in [2.24, 2.45) is 0 Å². The van der Waals surface area contributed by atoms with Crippen molar-refractivity contribution in [3.05, 3.63) is 65.2 Å². The lowest BCUT2D eigenvalue weighted by molar-refractivity contribution is -0.119. The summed E-state index contributed by atoms with van der Waals surface area (Å²) in [6.07, 6.45) is 4.44. The number of fused-ring (bicyclic) bond motifs is 1. The molecule has 2 aliphatic rings. The van der Waals surface area contributed by atoms with Gasteiger partial charge in [0, 0.05) is 12.6 Å². The normalized spacial score (nSPS) is 17.4. The number of carbonyl (C=O) groups excluding carboxylic acids is 3. The van der Waals surface area contributed by atoms with Crippen LogP contribution in [0.15, 0.2) is 48.5 Å². The Hall–Kier alpha value is -3.26. The van der Waals surface area contributed by atoms with Crippen LogP contribution in [0.5, 0.6) is 11.5 Å². The first-order chi connectivity index (χ1) is 14.6. The Labute approximate surface area is 177 Å². The molecular weight excluding hydrogens is 404 g/mol. The Morgan fingerprint density at radius 2 is 1.87 bits per heavy atom. The second kappa shape index (κ2) is 9.04. The molecule has 3 amide bonds. The highest BCUT2D eigenvalue weighted by Gasteiger charge is 2.31. The van der Waals surface area contributed by atoms with Gasteiger partial charge in [-0.3, -0.25) is 19.7 Å². The molecule has 1 fully saturated rings. The number of nitrogens with one attached hydrogen (secondary N) is 2. The number of amides is 3. The highest BCUT2D eigenvalue weighted by atomic mass is 32.2. The van der Waals surface area contributed by atoms with Crippen molar-refractivity contribution >= 4 is 34.9 Å². The predicted octanol–water partition coefficient (Wildman–Crippen LogP) is 2.68. The smallest absolute Gasteiger partial charge is 0.286 e. The average Bonchev–Trinajstić information content (AvgIpc) is 3.33. The fraction of sp³-hybridized carbons (Fsp3) is 0.227. The van der Waals surface area contributed by atoms with Gasteiger partial charge in [-0.1, -0.05) is 42.1 Å². The van der Waals surface area contributed by atoms with Gasteiger partial charge in [0.15, 0.2) is 11.5 Å². The van der Waals surface area contributed by atoms with Crippen LogP contribution in [-0.4, -0.2) is 35.6 Å². The number of hydrogen-bond acceptors (Lipinski definition) is 6. The van der Waals surface area contributed by atoms with Gasteiger partial charge in [-0.2, -0.15) is 0 Å². The monoisotopic (exact) mass is 424 g/mol. The molecule has 0 bridgehead atoms. The zero-order chi connectivity index (χ0) is 20.9. The molecule has 2 aromatic carbocycles. The molecule has 8 heteroatoms. The number of imide groups is 1. The van der Waals surface area contributed by atoms with Crippen LogP contribution < -0.4 is 20.1 Å². The van der Waals surface area contributed by atoms with E-state index >= 15 is 0 Å². The van der Waals surface area contributed by atoms with E-state index in [9.17, 15) is 14.4 Å². The minimum atomic E-state index is -0.362. The molecule has 2 heterocycles. The maximum absolute atomic E-state index is 12.0. The van der Waals surface area contributed by atoms with Crippen molar-refractivity contribution in [1.29, 1.82) is 0 Å². The summed E-state index contributed by atoms with van der Waals surface area (Å²) >= 11 is 1.03. The van der Waals surface area contributed by atoms with E-state index in [-0.39, 0.29) is 29.1 Å². The number of benzene rings is 2. The Bertz CT molecular complexity index is 1000. The second-order valence-electron chi connectivity index (χ2n) is 6.89. The van der Waals surface area contributed by atoms with Crippen LogP contribution in [0.25, 0.3) is 6.08 Å². The number of hydrogen-bond donors (Lipinski definition) is 2. The van der Waals surface area contributed by atoms with Crippen molar-refractivity contribution in [2.75, 3.05) is 13.3 Å². The van der Waals surface area contributed by atoms with E-state index in [4.69, 9.17) is 9.47 Å². The zero-order valence-electron chi connectivity index (χ0n) is 16.1. The SMILES string of the molecule is O=C(C=Cc1ccc2c(c1)OCO2)NCCc1ccc(CC2SC(=O)NC2=O)cc1. The maximum Gasteiger partial charge on any atom is 0.286 e. The first kappa shape index (κ1) is 20.0. The van der Waals surface area contributed by atoms with Gasteiger partial charge in [-0.25, -0.2) is 0 Å². The van der Waals surface area contributed by atoms with Crippen LogP contribution in [0.3, 0.4) is 0 Å². The fourth-order valence-electron chi connectivity index (χ4n) is 3.16. The summed E-state index contributed by atoms with van der Waals surface area (Å²) < 4.78 is 10.6. The third-order valence-corrected chi connectivity index (χ3v) is 5.73. The predicted molar refractivity (Wildman–Crippen MR) is 113 cm³/mol. The lowest BCUT2D eigenvalue weighted by Crippen LogP contribution is -2.25. The minimum absolute atomic E-state index is 0.168. The summed E-state index contributed by atoms with van der Waals surface area (Å²) in [4.78, 5) is 34.9. The highest BCUT2D eigenvalue weighted by Crippen LogP contribution is 2.32. The van der Waals surface area contributed by atoms with Crippen molar-refractivity contribution in [2.45, 2.75) is 18.1 Å². The molecule has 30 heavy (non-hydrogen) atoms. The van der Waals surface area contributed by atoms with Crippen molar-refractivity contribution < 1.29 is 23.9 Å². The molecule has 0 aliphatic carbocycles. The van der Waals surface area contributed by atoms with E-state index in [2.05, 4.69) is 10.6 Å². The Balaban J connectivity index is 1.21. The molecule has 0 saturated carbocycles. The van der Waals surface area contributed by atoms with Crippen molar-refractivity contribution in [3.63, 3.8) is 0 Å². The Morgan fingerprint density at radius 3 is 2.63 bits per heavy atom. The van der Waals surface area contributed by atoms with E-state index in [0.29, 0.717) is 30.9 Å². The number of ether oxygens (including phenoxy) is 2. The van der Waals surface area contributed by atoms with E-state index in [0.717, 1.165) is 28.5 Å². The summed E-state index contributed by atoms with van der Waals surface area (Å²) in [6.45, 7) is 0.734. The molecule has 0 radical (unpaired) electrons. The van der Waals surface area contributed by atoms with E-state index in [1.807, 2.05) is 42.5 Å². The quantitative estimate of drug-likeness (QED) is 0.664. The molecule has 2 aliphatic heterocycles. The van der Waals surface area contributed by atoms with E-state index < -0.39 is 0 Å². The first-order valence-corrected chi connectivity index (χ1v) is 10.4. The van der Waals surface area contributed by atoms with Crippen LogP contribution in [0.4, 0.5) is 4.79 Å². The maximum atomic E-state index is 12.0. The summed E-state index contributed by atoms with van der Waals surface area (Å²) in [6, 6.07) is 13.4. The summed E-state index contributed by atoms with van der Waals surface area (Å²) in [5.41, 5.74) is 2.94. The molecule has 1 unspecified atom stereocenters. The van der Waals surface area contributed by atoms with Gasteiger partial charge in [0.1, 0.15) is 0 Å². The molecule has 0 spiro atoms. The average molecular weight is 424 g/mol. The third kappa shape index (κ3) is 5.01. The van der Waals surface area contributed by atoms with Gasteiger partial charge in [0.05, 0.1) is 5.25 Å². The Kier molecular flexibility index (Phi) is 6.04. The van der Waals surface area contributed by atoms with Crippen molar-refractivity contribution in [1.82, 2.24) is 10.6 Å². The summed E-state index contributed by atoms with van der Waals surface area (Å²) in [5.74, 6) is 0.991. The van der Waals surface area contributed by atoms with Crippen LogP contribution in [0.2, 0.25) is 0 Å². The highest BCUT2D eigenvalue weighted by molar-refractivity contribution is 8.15. The number of carbonyl (C=O) groups is 3. The van der Waals surface area contributed by atoms with Crippen LogP contribution in [0, 0.1) is 0 Å². The van der Waals surface area contributed by atoms with Gasteiger partial charge < -0.3 is 14.8 Å². The van der Waals surface area contributed by atoms with Crippen LogP contribution in [-0.2, 0) is 22.4 Å². The topological polar surface area (TPSA) is 93.7 Å². The number of rotatable bonds is 7. The van der Waals surface area contributed by atoms with Gasteiger partial charge in [-0.05, 0) is 47.7 Å². The lowest BCUT2D eigenvalue weighted by atomic mass is 10.1. The Morgan fingerprint density at radius 1 is 1.10 bits per heavy atom. The summed E-state index contributed by atoms with van der Waals surface area (Å²) in [7, 11) is 0. The minimum Gasteiger partial charge on any atom is -0.454 e. The third-order valence-electron chi connectivity index (χ3n) is 4.75. The molecule has 7 nitrogen and oxygen atoms in total. The van der Waals surface area contributed by atoms with E-state index in [1.54, 1.807) is 6.08 Å². The van der Waals surface area contributed by atoms with Crippen molar-refractivity contribution in [3.8, 4) is 11.5 Å². The molecule has 1 saturated heterocycles. The van der Waals surface area contributed by atoms with Gasteiger partial charge in [0.25, 0.3) is 5.24 Å². The fourth-order valence-corrected chi connectivity index (χ4v) is 4.02. The summed E-state index contributed by atoms with van der Waals surface area (Å²) in [5, 5.41) is 4.51. The number of thioether (sulfide) groups is 1. The van der Waals surface area contributed by atoms with Crippen LogP contribution >= 0.6 is 11.8 Å². The molecule has 2 N–H and O–H groups in total. The molecular formula is C22H20N2O5S. The van der Waals surface area contributed by atoms with Gasteiger partial charge in [-0.15, -0.1) is 0 Å². The van der Waals surface area contributed by atoms with Crippen LogP contribution in [0.1, 0.15) is 16.7 Å². The van der Waals surface area contributed by atoms with E-state index in [1.165, 1.54) is 6.08 Å². The molecule has 154 valence electrons.